The van der Waals surface area contributed by atoms with E-state index in [-0.39, 0.29) is 17.6 Å². The zero-order valence-corrected chi connectivity index (χ0v) is 19.8. The summed E-state index contributed by atoms with van der Waals surface area (Å²) in [6, 6.07) is 21.8. The molecule has 4 nitrogen and oxygen atoms in total. The van der Waals surface area contributed by atoms with Crippen LogP contribution in [-0.2, 0) is 4.79 Å². The quantitative estimate of drug-likeness (QED) is 0.342. The van der Waals surface area contributed by atoms with Crippen LogP contribution in [0.15, 0.2) is 89.4 Å². The first-order valence-corrected chi connectivity index (χ1v) is 12.0. The summed E-state index contributed by atoms with van der Waals surface area (Å²) in [5.74, 6) is 1.26. The van der Waals surface area contributed by atoms with Crippen molar-refractivity contribution in [3.63, 3.8) is 0 Å². The van der Waals surface area contributed by atoms with E-state index in [2.05, 4.69) is 5.32 Å². The number of para-hydroxylation sites is 1. The molecule has 1 fully saturated rings. The minimum Gasteiger partial charge on any atom is -0.494 e. The molecule has 3 aromatic rings. The van der Waals surface area contributed by atoms with Crippen molar-refractivity contribution in [2.24, 2.45) is 0 Å². The number of ether oxygens (including phenoxy) is 2. The molecule has 0 aromatic heterocycles. The van der Waals surface area contributed by atoms with E-state index >= 15 is 0 Å². The third-order valence-corrected chi connectivity index (χ3v) is 6.74. The topological polar surface area (TPSA) is 47.6 Å². The molecule has 7 heteroatoms. The summed E-state index contributed by atoms with van der Waals surface area (Å²) >= 11 is 6.41. The van der Waals surface area contributed by atoms with Crippen molar-refractivity contribution in [1.29, 1.82) is 0 Å². The van der Waals surface area contributed by atoms with Crippen LogP contribution in [0.1, 0.15) is 29.5 Å². The lowest BCUT2D eigenvalue weighted by molar-refractivity contribution is -0.115. The zero-order valence-electron chi connectivity index (χ0n) is 18.2. The molecule has 170 valence electrons. The fourth-order valence-electron chi connectivity index (χ4n) is 4.10. The predicted octanol–water partition coefficient (Wildman–Crippen LogP) is 6.19. The Morgan fingerprint density at radius 2 is 1.82 bits per heavy atom. The van der Waals surface area contributed by atoms with Crippen molar-refractivity contribution >= 4 is 40.0 Å². The smallest absolute Gasteiger partial charge is 0.263 e. The molecule has 0 aliphatic carbocycles. The molecule has 2 heterocycles. The Bertz CT molecular complexity index is 1330. The first kappa shape index (κ1) is 22.4. The van der Waals surface area contributed by atoms with Crippen LogP contribution in [0.5, 0.6) is 11.5 Å². The van der Waals surface area contributed by atoms with Gasteiger partial charge in [0, 0.05) is 22.6 Å². The molecule has 3 aromatic carbocycles. The highest BCUT2D eigenvalue weighted by molar-refractivity contribution is 8.26. The van der Waals surface area contributed by atoms with Gasteiger partial charge in [-0.2, -0.15) is 0 Å². The third-order valence-electron chi connectivity index (χ3n) is 5.57. The first-order chi connectivity index (χ1) is 16.5. The van der Waals surface area contributed by atoms with Gasteiger partial charge in [0.05, 0.1) is 11.5 Å². The second kappa shape index (κ2) is 9.44. The van der Waals surface area contributed by atoms with Crippen LogP contribution in [-0.4, -0.2) is 16.8 Å². The number of benzene rings is 3. The maximum absolute atomic E-state index is 13.8. The Morgan fingerprint density at radius 1 is 1.09 bits per heavy atom. The summed E-state index contributed by atoms with van der Waals surface area (Å²) < 4.78 is 26.2. The van der Waals surface area contributed by atoms with E-state index in [1.54, 1.807) is 12.1 Å². The molecule has 1 amide bonds. The van der Waals surface area contributed by atoms with Gasteiger partial charge in [-0.1, -0.05) is 54.3 Å². The molecule has 1 unspecified atom stereocenters. The predicted molar refractivity (Wildman–Crippen MR) is 136 cm³/mol. The number of carbonyl (C=O) groups excluding carboxylic acids is 1. The molecular weight excluding hydrogens is 469 g/mol. The highest BCUT2D eigenvalue weighted by Gasteiger charge is 2.33. The number of halogens is 1. The molecule has 34 heavy (non-hydrogen) atoms. The number of thiocarbonyl (C=S) groups is 1. The van der Waals surface area contributed by atoms with E-state index in [9.17, 15) is 9.18 Å². The Balaban J connectivity index is 1.73. The van der Waals surface area contributed by atoms with E-state index in [0.717, 1.165) is 28.0 Å². The van der Waals surface area contributed by atoms with Crippen molar-refractivity contribution < 1.29 is 18.7 Å². The van der Waals surface area contributed by atoms with Crippen LogP contribution in [0.2, 0.25) is 0 Å². The maximum Gasteiger partial charge on any atom is 0.263 e. The van der Waals surface area contributed by atoms with Gasteiger partial charge < -0.3 is 14.8 Å². The van der Waals surface area contributed by atoms with Crippen LogP contribution < -0.4 is 14.8 Å². The molecule has 2 aliphatic rings. The largest absolute Gasteiger partial charge is 0.494 e. The van der Waals surface area contributed by atoms with Gasteiger partial charge in [0.25, 0.3) is 5.91 Å². The second-order valence-corrected chi connectivity index (χ2v) is 9.44. The van der Waals surface area contributed by atoms with Crippen molar-refractivity contribution in [3.05, 3.63) is 112 Å². The minimum absolute atomic E-state index is 0.245. The number of hydrogen-bond acceptors (Lipinski definition) is 5. The number of rotatable bonds is 5. The molecule has 0 radical (unpaired) electrons. The number of allylic oxidation sites excluding steroid dienone is 2. The van der Waals surface area contributed by atoms with Gasteiger partial charge in [-0.25, -0.2) is 4.39 Å². The summed E-state index contributed by atoms with van der Waals surface area (Å²) in [6.45, 7) is 2.51. The standard InChI is InChI=1S/C27H20FNO3S2/c1-2-31-19-13-9-17(10-14-19)25-21(15-23-26(30)29-27(33)34-23)24(16-7-11-18(28)12-8-16)20-5-3-4-6-22(20)32-25/h3-15,24H,2H2,1H3,(H,29,30,33). The average Bonchev–Trinajstić information content (AvgIpc) is 3.16. The molecular formula is C27H20FNO3S2. The van der Waals surface area contributed by atoms with Gasteiger partial charge >= 0.3 is 0 Å². The molecule has 1 N–H and O–H groups in total. The highest BCUT2D eigenvalue weighted by Crippen LogP contribution is 2.47. The first-order valence-electron chi connectivity index (χ1n) is 10.8. The molecule has 1 saturated heterocycles. The monoisotopic (exact) mass is 489 g/mol. The summed E-state index contributed by atoms with van der Waals surface area (Å²) in [4.78, 5) is 13.0. The number of nitrogens with one attached hydrogen (secondary N) is 1. The fourth-order valence-corrected chi connectivity index (χ4v) is 5.13. The molecule has 5 rings (SSSR count). The van der Waals surface area contributed by atoms with Gasteiger partial charge in [0.15, 0.2) is 0 Å². The normalized spacial score (nSPS) is 18.5. The number of hydrogen-bond donors (Lipinski definition) is 1. The Morgan fingerprint density at radius 3 is 2.50 bits per heavy atom. The van der Waals surface area contributed by atoms with Gasteiger partial charge in [-0.15, -0.1) is 0 Å². The highest BCUT2D eigenvalue weighted by atomic mass is 32.2. The van der Waals surface area contributed by atoms with Gasteiger partial charge in [0.1, 0.15) is 27.4 Å². The lowest BCUT2D eigenvalue weighted by atomic mass is 9.81. The van der Waals surface area contributed by atoms with Crippen molar-refractivity contribution in [2.75, 3.05) is 6.61 Å². The van der Waals surface area contributed by atoms with E-state index in [4.69, 9.17) is 21.7 Å². The minimum atomic E-state index is -0.309. The maximum atomic E-state index is 13.8. The van der Waals surface area contributed by atoms with E-state index < -0.39 is 0 Å². The SMILES string of the molecule is CCOc1ccc(C2=C(C=C3SC(=S)NC3=O)C(c3ccc(F)cc3)c3ccccc3O2)cc1. The van der Waals surface area contributed by atoms with E-state index in [1.165, 1.54) is 23.9 Å². The van der Waals surface area contributed by atoms with Crippen LogP contribution in [0.3, 0.4) is 0 Å². The lowest BCUT2D eigenvalue weighted by Crippen LogP contribution is -2.19. The summed E-state index contributed by atoms with van der Waals surface area (Å²) in [7, 11) is 0. The third kappa shape index (κ3) is 4.36. The van der Waals surface area contributed by atoms with Crippen LogP contribution in [0.4, 0.5) is 4.39 Å². The fraction of sp³-hybridized carbons (Fsp3) is 0.111. The number of carbonyl (C=O) groups is 1. The van der Waals surface area contributed by atoms with Crippen LogP contribution >= 0.6 is 24.0 Å². The summed E-state index contributed by atoms with van der Waals surface area (Å²) in [5.41, 5.74) is 3.44. The Kier molecular flexibility index (Phi) is 6.22. The number of thioether (sulfide) groups is 1. The van der Waals surface area contributed by atoms with Gasteiger partial charge in [-0.05, 0) is 61.0 Å². The molecule has 2 aliphatic heterocycles. The number of fused-ring (bicyclic) bond motifs is 1. The summed E-state index contributed by atoms with van der Waals surface area (Å²) in [5, 5.41) is 2.67. The van der Waals surface area contributed by atoms with E-state index in [0.29, 0.717) is 27.3 Å². The lowest BCUT2D eigenvalue weighted by Gasteiger charge is -2.30. The molecule has 0 spiro atoms. The zero-order chi connectivity index (χ0) is 23.7. The molecule has 0 saturated carbocycles. The van der Waals surface area contributed by atoms with Crippen molar-refractivity contribution in [2.45, 2.75) is 12.8 Å². The van der Waals surface area contributed by atoms with Crippen LogP contribution in [0.25, 0.3) is 5.76 Å². The van der Waals surface area contributed by atoms with Crippen LogP contribution in [0, 0.1) is 5.82 Å². The Labute approximate surface area is 206 Å². The van der Waals surface area contributed by atoms with Gasteiger partial charge in [0.2, 0.25) is 0 Å². The second-order valence-electron chi connectivity index (χ2n) is 7.72. The molecule has 0 bridgehead atoms. The van der Waals surface area contributed by atoms with E-state index in [1.807, 2.05) is 61.5 Å². The number of amides is 1. The summed E-state index contributed by atoms with van der Waals surface area (Å²) in [6.07, 6.45) is 1.83. The molecule has 1 atom stereocenters. The van der Waals surface area contributed by atoms with Crippen molar-refractivity contribution in [3.8, 4) is 11.5 Å². The Hall–Kier alpha value is -3.42. The average molecular weight is 490 g/mol. The van der Waals surface area contributed by atoms with Crippen molar-refractivity contribution in [1.82, 2.24) is 5.32 Å². The van der Waals surface area contributed by atoms with Gasteiger partial charge in [-0.3, -0.25) is 4.79 Å².